The van der Waals surface area contributed by atoms with Gasteiger partial charge in [0.05, 0.1) is 0 Å². The smallest absolute Gasteiger partial charge is 0.324 e. The molecule has 0 radical (unpaired) electrons. The Morgan fingerprint density at radius 1 is 1.20 bits per heavy atom. The van der Waals surface area contributed by atoms with Crippen molar-refractivity contribution < 1.29 is 18.3 Å². The van der Waals surface area contributed by atoms with E-state index in [1.54, 1.807) is 0 Å². The molecule has 0 aromatic carbocycles. The zero-order chi connectivity index (χ0) is 14.8. The summed E-state index contributed by atoms with van der Waals surface area (Å²) in [6.45, 7) is 3.05. The van der Waals surface area contributed by atoms with Crippen LogP contribution in [0.25, 0.3) is 0 Å². The fraction of sp³-hybridized carbons (Fsp3) is 0.923. The first-order chi connectivity index (χ1) is 9.36. The van der Waals surface area contributed by atoms with Gasteiger partial charge in [-0.2, -0.15) is 17.4 Å². The van der Waals surface area contributed by atoms with Gasteiger partial charge in [0, 0.05) is 13.1 Å². The highest BCUT2D eigenvalue weighted by Gasteiger charge is 2.45. The van der Waals surface area contributed by atoms with Gasteiger partial charge in [0.25, 0.3) is 10.2 Å². The van der Waals surface area contributed by atoms with Gasteiger partial charge in [-0.15, -0.1) is 0 Å². The Morgan fingerprint density at radius 2 is 1.75 bits per heavy atom. The molecule has 2 fully saturated rings. The molecule has 6 nitrogen and oxygen atoms in total. The third-order valence-corrected chi connectivity index (χ3v) is 6.21. The molecule has 0 bridgehead atoms. The second-order valence-electron chi connectivity index (χ2n) is 6.14. The van der Waals surface area contributed by atoms with Crippen molar-refractivity contribution in [1.29, 1.82) is 0 Å². The molecular formula is C13H24N2O4S. The molecule has 2 rings (SSSR count). The lowest BCUT2D eigenvalue weighted by Gasteiger charge is -2.38. The van der Waals surface area contributed by atoms with Gasteiger partial charge >= 0.3 is 5.97 Å². The van der Waals surface area contributed by atoms with Crippen molar-refractivity contribution in [2.24, 2.45) is 5.92 Å². The van der Waals surface area contributed by atoms with Crippen LogP contribution in [0.15, 0.2) is 0 Å². The quantitative estimate of drug-likeness (QED) is 0.820. The molecule has 0 amide bonds. The van der Waals surface area contributed by atoms with Gasteiger partial charge < -0.3 is 5.11 Å². The van der Waals surface area contributed by atoms with E-state index >= 15 is 0 Å². The summed E-state index contributed by atoms with van der Waals surface area (Å²) in [5, 5.41) is 9.49. The summed E-state index contributed by atoms with van der Waals surface area (Å²) in [5.41, 5.74) is -1.32. The van der Waals surface area contributed by atoms with Gasteiger partial charge in [-0.05, 0) is 44.4 Å². The number of nitrogens with one attached hydrogen (secondary N) is 1. The van der Waals surface area contributed by atoms with Crippen molar-refractivity contribution in [3.63, 3.8) is 0 Å². The predicted octanol–water partition coefficient (Wildman–Crippen LogP) is 1.34. The van der Waals surface area contributed by atoms with E-state index in [2.05, 4.69) is 11.6 Å². The maximum absolute atomic E-state index is 12.4. The molecule has 0 aromatic heterocycles. The van der Waals surface area contributed by atoms with E-state index in [1.807, 2.05) is 0 Å². The molecule has 0 atom stereocenters. The third-order valence-electron chi connectivity index (χ3n) is 4.52. The Labute approximate surface area is 120 Å². The van der Waals surface area contributed by atoms with Crippen LogP contribution in [-0.4, -0.2) is 42.4 Å². The molecular weight excluding hydrogens is 280 g/mol. The highest BCUT2D eigenvalue weighted by atomic mass is 32.2. The Hall–Kier alpha value is -0.660. The lowest BCUT2D eigenvalue weighted by molar-refractivity contribution is -0.145. The molecule has 7 heteroatoms. The largest absolute Gasteiger partial charge is 0.480 e. The summed E-state index contributed by atoms with van der Waals surface area (Å²) >= 11 is 0. The predicted molar refractivity (Wildman–Crippen MR) is 75.5 cm³/mol. The Bertz CT molecular complexity index is 449. The highest BCUT2D eigenvalue weighted by Crippen LogP contribution is 2.33. The maximum atomic E-state index is 12.4. The maximum Gasteiger partial charge on any atom is 0.324 e. The monoisotopic (exact) mass is 304 g/mol. The van der Waals surface area contributed by atoms with Gasteiger partial charge in [0.15, 0.2) is 0 Å². The summed E-state index contributed by atoms with van der Waals surface area (Å²) in [5.74, 6) is -0.591. The van der Waals surface area contributed by atoms with E-state index in [0.29, 0.717) is 31.8 Å². The first-order valence-corrected chi connectivity index (χ1v) is 8.82. The highest BCUT2D eigenvalue weighted by molar-refractivity contribution is 7.87. The van der Waals surface area contributed by atoms with Crippen molar-refractivity contribution in [2.75, 3.05) is 13.1 Å². The van der Waals surface area contributed by atoms with E-state index in [9.17, 15) is 18.3 Å². The molecule has 0 aromatic rings. The molecule has 116 valence electrons. The summed E-state index contributed by atoms with van der Waals surface area (Å²) in [6, 6.07) is 0. The summed E-state index contributed by atoms with van der Waals surface area (Å²) in [4.78, 5) is 11.6. The normalized spacial score (nSPS) is 33.0. The molecule has 0 spiro atoms. The zero-order valence-corrected chi connectivity index (χ0v) is 12.8. The van der Waals surface area contributed by atoms with Crippen LogP contribution in [0.2, 0.25) is 0 Å². The second kappa shape index (κ2) is 5.99. The van der Waals surface area contributed by atoms with Gasteiger partial charge in [-0.3, -0.25) is 4.79 Å². The Balaban J connectivity index is 2.13. The minimum Gasteiger partial charge on any atom is -0.480 e. The molecule has 1 heterocycles. The van der Waals surface area contributed by atoms with Gasteiger partial charge in [-0.1, -0.05) is 13.3 Å². The third kappa shape index (κ3) is 3.32. The van der Waals surface area contributed by atoms with Crippen LogP contribution < -0.4 is 4.72 Å². The van der Waals surface area contributed by atoms with Crippen LogP contribution in [-0.2, 0) is 15.0 Å². The molecule has 1 saturated heterocycles. The summed E-state index contributed by atoms with van der Waals surface area (Å²) in [7, 11) is -3.70. The van der Waals surface area contributed by atoms with Crippen LogP contribution in [0.1, 0.15) is 51.9 Å². The number of nitrogens with zero attached hydrogens (tertiary/aromatic N) is 1. The first-order valence-electron chi connectivity index (χ1n) is 7.38. The number of aliphatic carboxylic acids is 1. The average Bonchev–Trinajstić information content (AvgIpc) is 2.42. The van der Waals surface area contributed by atoms with Crippen molar-refractivity contribution in [3.05, 3.63) is 0 Å². The van der Waals surface area contributed by atoms with Crippen LogP contribution in [0.3, 0.4) is 0 Å². The standard InChI is InChI=1S/C13H24N2O4S/c1-11-5-7-13(8-6-11,12(16)17)14-20(18,19)15-9-3-2-4-10-15/h11,14H,2-10H2,1H3,(H,16,17). The number of hydrogen-bond donors (Lipinski definition) is 2. The SMILES string of the molecule is CC1CCC(NS(=O)(=O)N2CCCCC2)(C(=O)O)CC1. The van der Waals surface area contributed by atoms with Crippen LogP contribution in [0, 0.1) is 5.92 Å². The van der Waals surface area contributed by atoms with Gasteiger partial charge in [0.2, 0.25) is 0 Å². The second-order valence-corrected chi connectivity index (χ2v) is 7.81. The fourth-order valence-corrected chi connectivity index (χ4v) is 4.68. The van der Waals surface area contributed by atoms with Crippen molar-refractivity contribution >= 4 is 16.2 Å². The minimum absolute atomic E-state index is 0.372. The molecule has 2 N–H and O–H groups in total. The fourth-order valence-electron chi connectivity index (χ4n) is 3.03. The lowest BCUT2D eigenvalue weighted by Crippen LogP contribution is -2.59. The van der Waals surface area contributed by atoms with Crippen molar-refractivity contribution in [3.8, 4) is 0 Å². The molecule has 1 saturated carbocycles. The van der Waals surface area contributed by atoms with Crippen molar-refractivity contribution in [2.45, 2.75) is 57.4 Å². The minimum atomic E-state index is -3.70. The van der Waals surface area contributed by atoms with Crippen LogP contribution in [0.5, 0.6) is 0 Å². The van der Waals surface area contributed by atoms with E-state index in [1.165, 1.54) is 4.31 Å². The number of carbonyl (C=O) groups is 1. The number of hydrogen-bond acceptors (Lipinski definition) is 3. The molecule has 2 aliphatic rings. The Kier molecular flexibility index (Phi) is 4.71. The number of rotatable bonds is 4. The van der Waals surface area contributed by atoms with Gasteiger partial charge in [-0.25, -0.2) is 0 Å². The van der Waals surface area contributed by atoms with E-state index < -0.39 is 21.7 Å². The molecule has 0 unspecified atom stereocenters. The number of carboxylic acids is 1. The number of piperidine rings is 1. The zero-order valence-electron chi connectivity index (χ0n) is 12.0. The van der Waals surface area contributed by atoms with Crippen LogP contribution in [0.4, 0.5) is 0 Å². The first kappa shape index (κ1) is 15.7. The van der Waals surface area contributed by atoms with E-state index in [4.69, 9.17) is 0 Å². The number of carboxylic acid groups (broad SMARTS) is 1. The van der Waals surface area contributed by atoms with Crippen molar-refractivity contribution in [1.82, 2.24) is 9.03 Å². The topological polar surface area (TPSA) is 86.7 Å². The van der Waals surface area contributed by atoms with E-state index in [0.717, 1.165) is 32.1 Å². The molecule has 20 heavy (non-hydrogen) atoms. The summed E-state index contributed by atoms with van der Waals surface area (Å²) in [6.07, 6.45) is 4.96. The average molecular weight is 304 g/mol. The lowest BCUT2D eigenvalue weighted by atomic mass is 9.78. The Morgan fingerprint density at radius 3 is 2.25 bits per heavy atom. The summed E-state index contributed by atoms with van der Waals surface area (Å²) < 4.78 is 28.7. The van der Waals surface area contributed by atoms with E-state index in [-0.39, 0.29) is 0 Å². The van der Waals surface area contributed by atoms with Gasteiger partial charge in [0.1, 0.15) is 5.54 Å². The molecule has 1 aliphatic carbocycles. The molecule has 1 aliphatic heterocycles. The van der Waals surface area contributed by atoms with Crippen LogP contribution >= 0.6 is 0 Å².